The van der Waals surface area contributed by atoms with Gasteiger partial charge >= 0.3 is 13.7 Å². The van der Waals surface area contributed by atoms with E-state index in [1.165, 1.54) is 32.1 Å². The van der Waals surface area contributed by atoms with Crippen LogP contribution in [-0.2, 0) is 27.8 Å². The summed E-state index contributed by atoms with van der Waals surface area (Å²) >= 11 is 0. The Kier molecular flexibility index (Phi) is 11.0. The Bertz CT molecular complexity index is 919. The Morgan fingerprint density at radius 3 is 2.47 bits per heavy atom. The second-order valence-electron chi connectivity index (χ2n) is 8.74. The summed E-state index contributed by atoms with van der Waals surface area (Å²) in [5.74, 6) is 1.17. The Labute approximate surface area is 189 Å². The monoisotopic (exact) mass is 489 g/mol. The maximum atomic E-state index is 12.3. The maximum absolute atomic E-state index is 12.3. The van der Waals surface area contributed by atoms with Crippen LogP contribution >= 0.6 is 8.03 Å². The predicted octanol–water partition coefficient (Wildman–Crippen LogP) is 2.95. The maximum Gasteiger partial charge on any atom is 0.540 e. The van der Waals surface area contributed by atoms with Gasteiger partial charge in [-0.3, -0.25) is 19.1 Å². The minimum Gasteiger partial charge on any atom is -0.414 e. The molecular formula is C20H34N2O8PSi+. The van der Waals surface area contributed by atoms with Gasteiger partial charge in [0.2, 0.25) is 0 Å². The molecule has 0 spiro atoms. The van der Waals surface area contributed by atoms with Crippen LogP contribution in [0.4, 0.5) is 0 Å². The summed E-state index contributed by atoms with van der Waals surface area (Å²) in [5, 5.41) is -0.0429. The molecule has 0 saturated heterocycles. The fourth-order valence-electron chi connectivity index (χ4n) is 2.22. The van der Waals surface area contributed by atoms with Gasteiger partial charge in [0.25, 0.3) is 5.56 Å². The zero-order valence-electron chi connectivity index (χ0n) is 19.7. The van der Waals surface area contributed by atoms with E-state index in [4.69, 9.17) is 18.4 Å². The minimum absolute atomic E-state index is 0.0429. The highest BCUT2D eigenvalue weighted by Crippen LogP contribution is 2.36. The van der Waals surface area contributed by atoms with E-state index in [1.807, 2.05) is 0 Å². The normalized spacial score (nSPS) is 15.0. The summed E-state index contributed by atoms with van der Waals surface area (Å²) in [6, 6.07) is 1.18. The van der Waals surface area contributed by atoms with Crippen LogP contribution in [0.5, 0.6) is 0 Å². The molecule has 1 N–H and O–H groups in total. The second kappa shape index (κ2) is 12.5. The second-order valence-corrected chi connectivity index (χ2v) is 14.8. The van der Waals surface area contributed by atoms with Crippen molar-refractivity contribution in [2.45, 2.75) is 58.2 Å². The molecule has 0 saturated carbocycles. The standard InChI is InChI=1S/C20H33N2O8PSi/c1-15(23)12-28-14-18(22-10-8-17(24)21-19(22)25)30-16(9-11-31(26)27-5)13-29-32(6,7)20(2,3)4/h8-11,16,18H,12-14H2,1-7H3/p+1/b11-9+/t16-,18-/m1/s1. The average molecular weight is 490 g/mol. The first kappa shape index (κ1) is 28.3. The summed E-state index contributed by atoms with van der Waals surface area (Å²) in [4.78, 5) is 37.2. The number of H-pyrrole nitrogens is 1. The molecule has 0 aliphatic rings. The topological polar surface area (TPSA) is 126 Å². The number of ether oxygens (including phenoxy) is 2. The number of rotatable bonds is 13. The lowest BCUT2D eigenvalue weighted by atomic mass is 10.2. The van der Waals surface area contributed by atoms with Crippen LogP contribution in [-0.4, -0.2) is 56.7 Å². The lowest BCUT2D eigenvalue weighted by molar-refractivity contribution is -0.127. The molecule has 1 unspecified atom stereocenters. The molecule has 0 fully saturated rings. The van der Waals surface area contributed by atoms with Crippen LogP contribution in [0.3, 0.4) is 0 Å². The van der Waals surface area contributed by atoms with Gasteiger partial charge in [0.1, 0.15) is 12.7 Å². The van der Waals surface area contributed by atoms with Crippen molar-refractivity contribution in [3.8, 4) is 0 Å². The molecule has 12 heteroatoms. The van der Waals surface area contributed by atoms with Crippen molar-refractivity contribution in [3.63, 3.8) is 0 Å². The summed E-state index contributed by atoms with van der Waals surface area (Å²) in [6.07, 6.45) is 1.15. The molecular weight excluding hydrogens is 455 g/mol. The average Bonchev–Trinajstić information content (AvgIpc) is 2.67. The highest BCUT2D eigenvalue weighted by atomic mass is 31.1. The molecule has 0 radical (unpaired) electrons. The molecule has 3 atom stereocenters. The van der Waals surface area contributed by atoms with Crippen LogP contribution in [0.15, 0.2) is 33.7 Å². The quantitative estimate of drug-likeness (QED) is 0.331. The van der Waals surface area contributed by atoms with Crippen LogP contribution in [0.25, 0.3) is 0 Å². The smallest absolute Gasteiger partial charge is 0.414 e. The first-order valence-corrected chi connectivity index (χ1v) is 14.3. The van der Waals surface area contributed by atoms with E-state index in [0.717, 1.165) is 4.57 Å². The zero-order valence-corrected chi connectivity index (χ0v) is 21.6. The van der Waals surface area contributed by atoms with Crippen molar-refractivity contribution in [1.82, 2.24) is 9.55 Å². The van der Waals surface area contributed by atoms with Gasteiger partial charge in [-0.25, -0.2) is 4.79 Å². The molecule has 10 nitrogen and oxygen atoms in total. The van der Waals surface area contributed by atoms with E-state index in [1.54, 1.807) is 6.08 Å². The van der Waals surface area contributed by atoms with E-state index in [0.29, 0.717) is 0 Å². The van der Waals surface area contributed by atoms with Crippen LogP contribution < -0.4 is 11.2 Å². The van der Waals surface area contributed by atoms with E-state index < -0.39 is 39.9 Å². The number of hydrogen-bond donors (Lipinski definition) is 1. The van der Waals surface area contributed by atoms with Crippen molar-refractivity contribution in [2.75, 3.05) is 26.9 Å². The minimum atomic E-state index is -2.13. The van der Waals surface area contributed by atoms with Gasteiger partial charge in [-0.05, 0) is 35.7 Å². The van der Waals surface area contributed by atoms with Gasteiger partial charge in [0.15, 0.2) is 26.1 Å². The summed E-state index contributed by atoms with van der Waals surface area (Å²) in [5.41, 5.74) is -1.24. The SMILES string of the molecule is CO[P+](=O)/C=C/[C@H](CO[Si](C)(C)C(C)(C)C)O[C@H](COCC(C)=O)n1ccc(=O)[nH]c1=O. The van der Waals surface area contributed by atoms with Crippen molar-refractivity contribution in [1.29, 1.82) is 0 Å². The number of hydrogen-bond acceptors (Lipinski definition) is 8. The van der Waals surface area contributed by atoms with E-state index in [2.05, 4.69) is 38.8 Å². The summed E-state index contributed by atoms with van der Waals surface area (Å²) in [7, 11) is -2.84. The molecule has 180 valence electrons. The van der Waals surface area contributed by atoms with E-state index >= 15 is 0 Å². The third-order valence-corrected chi connectivity index (χ3v) is 10.4. The molecule has 32 heavy (non-hydrogen) atoms. The third kappa shape index (κ3) is 9.39. The van der Waals surface area contributed by atoms with Gasteiger partial charge in [0, 0.05) is 12.3 Å². The molecule has 1 aromatic heterocycles. The van der Waals surface area contributed by atoms with Crippen molar-refractivity contribution < 1.29 is 27.8 Å². The zero-order chi connectivity index (χ0) is 24.5. The predicted molar refractivity (Wildman–Crippen MR) is 124 cm³/mol. The number of nitrogens with zero attached hydrogens (tertiary/aromatic N) is 1. The fraction of sp³-hybridized carbons (Fsp3) is 0.650. The van der Waals surface area contributed by atoms with Crippen molar-refractivity contribution >= 4 is 22.1 Å². The fourth-order valence-corrected chi connectivity index (χ4v) is 3.69. The number of nitrogens with one attached hydrogen (secondary N) is 1. The van der Waals surface area contributed by atoms with Gasteiger partial charge in [-0.15, -0.1) is 4.52 Å². The Morgan fingerprint density at radius 2 is 1.94 bits per heavy atom. The van der Waals surface area contributed by atoms with Gasteiger partial charge in [-0.1, -0.05) is 20.8 Å². The molecule has 1 heterocycles. The van der Waals surface area contributed by atoms with Crippen LogP contribution in [0, 0.1) is 0 Å². The highest BCUT2D eigenvalue weighted by Gasteiger charge is 2.38. The first-order chi connectivity index (χ1) is 14.8. The number of aromatic nitrogens is 2. The largest absolute Gasteiger partial charge is 0.540 e. The lowest BCUT2D eigenvalue weighted by Gasteiger charge is -2.37. The summed E-state index contributed by atoms with van der Waals surface area (Å²) < 4.78 is 35.4. The van der Waals surface area contributed by atoms with Gasteiger partial charge in [-0.2, -0.15) is 0 Å². The van der Waals surface area contributed by atoms with E-state index in [9.17, 15) is 18.9 Å². The van der Waals surface area contributed by atoms with E-state index in [-0.39, 0.29) is 30.6 Å². The Hall–Kier alpha value is -1.75. The van der Waals surface area contributed by atoms with Crippen molar-refractivity contribution in [2.24, 2.45) is 0 Å². The van der Waals surface area contributed by atoms with Gasteiger partial charge in [0.05, 0.1) is 20.3 Å². The van der Waals surface area contributed by atoms with Crippen LogP contribution in [0.1, 0.15) is 33.9 Å². The number of carbonyl (C=O) groups is 1. The number of Topliss-reactive ketones (excluding diaryl/α,β-unsaturated/α-hetero) is 1. The summed E-state index contributed by atoms with van der Waals surface area (Å²) in [6.45, 7) is 11.7. The number of aromatic amines is 1. The van der Waals surface area contributed by atoms with Gasteiger partial charge < -0.3 is 13.9 Å². The highest BCUT2D eigenvalue weighted by molar-refractivity contribution is 7.42. The molecule has 0 amide bonds. The molecule has 0 aromatic carbocycles. The third-order valence-electron chi connectivity index (χ3n) is 5.08. The molecule has 1 aromatic rings. The Morgan fingerprint density at radius 1 is 1.28 bits per heavy atom. The van der Waals surface area contributed by atoms with Crippen molar-refractivity contribution in [3.05, 3.63) is 45.0 Å². The number of carbonyl (C=O) groups excluding carboxylic acids is 1. The first-order valence-electron chi connectivity index (χ1n) is 10.1. The molecule has 0 aliphatic carbocycles. The number of ketones is 1. The molecule has 1 rings (SSSR count). The lowest BCUT2D eigenvalue weighted by Crippen LogP contribution is -2.43. The van der Waals surface area contributed by atoms with Crippen LogP contribution in [0.2, 0.25) is 18.1 Å². The Balaban J connectivity index is 3.18. The molecule has 0 bridgehead atoms. The molecule has 0 aliphatic heterocycles.